The van der Waals surface area contributed by atoms with Crippen molar-refractivity contribution in [2.45, 2.75) is 16.1 Å². The normalized spacial score (nSPS) is 21.0. The van der Waals surface area contributed by atoms with Gasteiger partial charge in [-0.15, -0.1) is 0 Å². The molecular weight excluding hydrogens is 380 g/mol. The summed E-state index contributed by atoms with van der Waals surface area (Å²) in [7, 11) is 0. The Hall–Kier alpha value is 1.92. The molecule has 0 rings (SSSR count). The minimum atomic E-state index is 0.149. The molecule has 0 radical (unpaired) electrons. The van der Waals surface area contributed by atoms with Crippen LogP contribution in [-0.4, -0.2) is 19.8 Å². The summed E-state index contributed by atoms with van der Waals surface area (Å²) in [6.45, 7) is 2.14. The molecular formula is C5H8Br4. The van der Waals surface area contributed by atoms with Gasteiger partial charge in [-0.2, -0.15) is 0 Å². The Morgan fingerprint density at radius 3 is 2.00 bits per heavy atom. The molecule has 56 valence electrons. The van der Waals surface area contributed by atoms with Crippen molar-refractivity contribution in [2.75, 3.05) is 10.7 Å². The van der Waals surface area contributed by atoms with Crippen molar-refractivity contribution in [1.82, 2.24) is 0 Å². The fourth-order valence-electron chi connectivity index (χ4n) is 0.245. The molecule has 0 heterocycles. The van der Waals surface area contributed by atoms with Crippen LogP contribution in [0.15, 0.2) is 0 Å². The molecule has 0 saturated heterocycles. The SMILES string of the molecule is CC(Br)(CBr)C(Br)CBr. The lowest BCUT2D eigenvalue weighted by Gasteiger charge is -2.23. The molecule has 0 aromatic carbocycles. The topological polar surface area (TPSA) is 0 Å². The van der Waals surface area contributed by atoms with E-state index in [9.17, 15) is 0 Å². The van der Waals surface area contributed by atoms with E-state index in [1.165, 1.54) is 0 Å². The molecule has 0 aliphatic rings. The van der Waals surface area contributed by atoms with Crippen molar-refractivity contribution in [3.05, 3.63) is 0 Å². The van der Waals surface area contributed by atoms with E-state index in [4.69, 9.17) is 0 Å². The zero-order valence-electron chi connectivity index (χ0n) is 5.00. The standard InChI is InChI=1S/C5H8Br4/c1-5(9,3-7)4(8)2-6/h4H,2-3H2,1H3. The molecule has 0 amide bonds. The molecule has 2 unspecified atom stereocenters. The number of halogens is 4. The van der Waals surface area contributed by atoms with Crippen LogP contribution in [0.5, 0.6) is 0 Å². The third-order valence-corrected chi connectivity index (χ3v) is 7.27. The summed E-state index contributed by atoms with van der Waals surface area (Å²) in [5, 5.41) is 1.90. The second kappa shape index (κ2) is 4.73. The second-order valence-corrected chi connectivity index (χ2v) is 6.16. The third kappa shape index (κ3) is 3.73. The van der Waals surface area contributed by atoms with Crippen molar-refractivity contribution >= 4 is 63.7 Å². The number of rotatable bonds is 3. The number of alkyl halides is 4. The molecule has 0 bridgehead atoms. The summed E-state index contributed by atoms with van der Waals surface area (Å²) in [4.78, 5) is 0.462. The van der Waals surface area contributed by atoms with E-state index in [1.807, 2.05) is 0 Å². The minimum absolute atomic E-state index is 0.149. The fourth-order valence-corrected chi connectivity index (χ4v) is 2.54. The van der Waals surface area contributed by atoms with Crippen LogP contribution in [0.25, 0.3) is 0 Å². The molecule has 2 atom stereocenters. The van der Waals surface area contributed by atoms with Crippen LogP contribution in [-0.2, 0) is 0 Å². The van der Waals surface area contributed by atoms with Crippen LogP contribution >= 0.6 is 63.7 Å². The number of hydrogen-bond acceptors (Lipinski definition) is 0. The van der Waals surface area contributed by atoms with Gasteiger partial charge in [0.15, 0.2) is 0 Å². The highest BCUT2D eigenvalue weighted by Crippen LogP contribution is 2.30. The maximum atomic E-state index is 3.58. The average Bonchev–Trinajstić information content (AvgIpc) is 1.86. The van der Waals surface area contributed by atoms with E-state index < -0.39 is 0 Å². The molecule has 0 spiro atoms. The molecule has 0 nitrogen and oxygen atoms in total. The van der Waals surface area contributed by atoms with Crippen molar-refractivity contribution in [2.24, 2.45) is 0 Å². The molecule has 0 saturated carbocycles. The third-order valence-electron chi connectivity index (χ3n) is 1.05. The maximum Gasteiger partial charge on any atom is 0.0459 e. The van der Waals surface area contributed by atoms with E-state index in [1.54, 1.807) is 0 Å². The minimum Gasteiger partial charge on any atom is -0.0915 e. The van der Waals surface area contributed by atoms with Crippen LogP contribution in [0.1, 0.15) is 6.92 Å². The summed E-state index contributed by atoms with van der Waals surface area (Å²) >= 11 is 13.9. The zero-order chi connectivity index (χ0) is 7.49. The van der Waals surface area contributed by atoms with Crippen molar-refractivity contribution in [1.29, 1.82) is 0 Å². The largest absolute Gasteiger partial charge is 0.0915 e. The summed E-state index contributed by atoms with van der Waals surface area (Å²) in [6.07, 6.45) is 0. The molecule has 4 heteroatoms. The maximum absolute atomic E-state index is 3.58. The van der Waals surface area contributed by atoms with Gasteiger partial charge in [-0.3, -0.25) is 0 Å². The predicted molar refractivity (Wildman–Crippen MR) is 57.6 cm³/mol. The highest BCUT2D eigenvalue weighted by atomic mass is 79.9. The Balaban J connectivity index is 3.80. The highest BCUT2D eigenvalue weighted by molar-refractivity contribution is 9.14. The van der Waals surface area contributed by atoms with Gasteiger partial charge in [-0.25, -0.2) is 0 Å². The van der Waals surface area contributed by atoms with E-state index in [-0.39, 0.29) is 4.32 Å². The summed E-state index contributed by atoms with van der Waals surface area (Å²) < 4.78 is 0.149. The van der Waals surface area contributed by atoms with Gasteiger partial charge in [-0.1, -0.05) is 63.7 Å². The lowest BCUT2D eigenvalue weighted by Crippen LogP contribution is -2.31. The van der Waals surface area contributed by atoms with Crippen LogP contribution in [0.3, 0.4) is 0 Å². The monoisotopic (exact) mass is 384 g/mol. The second-order valence-electron chi connectivity index (χ2n) is 2.03. The smallest absolute Gasteiger partial charge is 0.0459 e. The predicted octanol–water partition coefficient (Wildman–Crippen LogP) is 3.69. The van der Waals surface area contributed by atoms with Crippen LogP contribution in [0.4, 0.5) is 0 Å². The van der Waals surface area contributed by atoms with Gasteiger partial charge in [0.1, 0.15) is 0 Å². The van der Waals surface area contributed by atoms with E-state index >= 15 is 0 Å². The molecule has 0 aliphatic heterocycles. The van der Waals surface area contributed by atoms with Crippen LogP contribution < -0.4 is 0 Å². The van der Waals surface area contributed by atoms with Crippen LogP contribution in [0, 0.1) is 0 Å². The Bertz CT molecular complexity index is 81.0. The average molecular weight is 388 g/mol. The molecule has 9 heavy (non-hydrogen) atoms. The molecule has 0 aromatic heterocycles. The van der Waals surface area contributed by atoms with E-state index in [2.05, 4.69) is 70.6 Å². The molecule has 0 fully saturated rings. The molecule has 0 aromatic rings. The van der Waals surface area contributed by atoms with Gasteiger partial charge in [0, 0.05) is 19.8 Å². The first-order valence-corrected chi connectivity index (χ1v) is 6.44. The van der Waals surface area contributed by atoms with Gasteiger partial charge >= 0.3 is 0 Å². The summed E-state index contributed by atoms with van der Waals surface area (Å²) in [5.41, 5.74) is 0. The Kier molecular flexibility index (Phi) is 5.74. The van der Waals surface area contributed by atoms with Gasteiger partial charge in [0.05, 0.1) is 0 Å². The van der Waals surface area contributed by atoms with Gasteiger partial charge in [-0.05, 0) is 6.92 Å². The lowest BCUT2D eigenvalue weighted by atomic mass is 10.2. The Morgan fingerprint density at radius 1 is 1.44 bits per heavy atom. The van der Waals surface area contributed by atoms with E-state index in [0.29, 0.717) is 4.83 Å². The highest BCUT2D eigenvalue weighted by Gasteiger charge is 2.26. The van der Waals surface area contributed by atoms with Crippen molar-refractivity contribution < 1.29 is 0 Å². The molecule has 0 N–H and O–H groups in total. The van der Waals surface area contributed by atoms with Crippen molar-refractivity contribution in [3.8, 4) is 0 Å². The van der Waals surface area contributed by atoms with E-state index in [0.717, 1.165) is 10.7 Å². The van der Waals surface area contributed by atoms with Gasteiger partial charge < -0.3 is 0 Å². The Labute approximate surface area is 89.7 Å². The molecule has 0 aliphatic carbocycles. The van der Waals surface area contributed by atoms with Crippen molar-refractivity contribution in [3.63, 3.8) is 0 Å². The fraction of sp³-hybridized carbons (Fsp3) is 1.00. The number of hydrogen-bond donors (Lipinski definition) is 0. The first-order valence-electron chi connectivity index (χ1n) is 2.49. The Morgan fingerprint density at radius 2 is 1.89 bits per heavy atom. The van der Waals surface area contributed by atoms with Gasteiger partial charge in [0.2, 0.25) is 0 Å². The van der Waals surface area contributed by atoms with Gasteiger partial charge in [0.25, 0.3) is 0 Å². The first-order chi connectivity index (χ1) is 4.04. The summed E-state index contributed by atoms with van der Waals surface area (Å²) in [6, 6.07) is 0. The summed E-state index contributed by atoms with van der Waals surface area (Å²) in [5.74, 6) is 0. The quantitative estimate of drug-likeness (QED) is 0.648. The first kappa shape index (κ1) is 10.9. The van der Waals surface area contributed by atoms with Crippen LogP contribution in [0.2, 0.25) is 0 Å². The lowest BCUT2D eigenvalue weighted by molar-refractivity contribution is 0.752. The zero-order valence-corrected chi connectivity index (χ0v) is 11.3.